The molecule has 0 fully saturated rings. The number of carbonyl (C=O) groups excluding carboxylic acids is 1. The quantitative estimate of drug-likeness (QED) is 0.757. The van der Waals surface area contributed by atoms with Gasteiger partial charge in [-0.15, -0.1) is 5.10 Å². The predicted molar refractivity (Wildman–Crippen MR) is 65.1 cm³/mol. The minimum atomic E-state index is 0.0535. The second kappa shape index (κ2) is 5.18. The van der Waals surface area contributed by atoms with Crippen LogP contribution in [0.2, 0.25) is 0 Å². The minimum absolute atomic E-state index is 0.0535. The monoisotopic (exact) mass is 250 g/mol. The molecule has 0 radical (unpaired) electrons. The van der Waals surface area contributed by atoms with Crippen molar-refractivity contribution in [3.05, 3.63) is 28.8 Å². The molecule has 0 aromatic carbocycles. The summed E-state index contributed by atoms with van der Waals surface area (Å²) in [6.45, 7) is 2.06. The fraction of sp³-hybridized carbons (Fsp3) is 0.455. The van der Waals surface area contributed by atoms with Crippen LogP contribution in [0.3, 0.4) is 0 Å². The number of ketones is 1. The highest BCUT2D eigenvalue weighted by Gasteiger charge is 2.17. The first-order chi connectivity index (χ1) is 8.22. The van der Waals surface area contributed by atoms with E-state index in [-0.39, 0.29) is 5.78 Å². The third-order valence-corrected chi connectivity index (χ3v) is 3.34. The van der Waals surface area contributed by atoms with Crippen molar-refractivity contribution in [3.8, 4) is 0 Å². The zero-order chi connectivity index (χ0) is 12.3. The van der Waals surface area contributed by atoms with Crippen molar-refractivity contribution in [2.24, 2.45) is 7.05 Å². The molecule has 17 heavy (non-hydrogen) atoms. The third kappa shape index (κ3) is 2.58. The zero-order valence-electron chi connectivity index (χ0n) is 9.88. The van der Waals surface area contributed by atoms with E-state index in [9.17, 15) is 4.79 Å². The van der Waals surface area contributed by atoms with E-state index in [0.29, 0.717) is 11.3 Å². The highest BCUT2D eigenvalue weighted by atomic mass is 32.1. The molecule has 0 unspecified atom stereocenters. The number of hydrogen-bond donors (Lipinski definition) is 0. The summed E-state index contributed by atoms with van der Waals surface area (Å²) in [6.07, 6.45) is 5.61. The maximum atomic E-state index is 12.1. The maximum absolute atomic E-state index is 12.1. The first-order valence-electron chi connectivity index (χ1n) is 5.53. The lowest BCUT2D eigenvalue weighted by Crippen LogP contribution is -2.09. The van der Waals surface area contributed by atoms with E-state index in [1.807, 2.05) is 17.8 Å². The molecule has 0 spiro atoms. The van der Waals surface area contributed by atoms with Crippen molar-refractivity contribution in [3.63, 3.8) is 0 Å². The number of imidazole rings is 1. The SMILES string of the molecule is CCCc1nnsc1C(=O)Cc1nccn1C. The number of aromatic nitrogens is 4. The molecule has 0 saturated heterocycles. The van der Waals surface area contributed by atoms with E-state index in [2.05, 4.69) is 21.5 Å². The molecule has 0 aliphatic heterocycles. The van der Waals surface area contributed by atoms with Gasteiger partial charge in [-0.05, 0) is 18.0 Å². The molecular weight excluding hydrogens is 236 g/mol. The molecule has 90 valence electrons. The number of nitrogens with zero attached hydrogens (tertiary/aromatic N) is 4. The Kier molecular flexibility index (Phi) is 3.63. The van der Waals surface area contributed by atoms with E-state index in [4.69, 9.17) is 0 Å². The van der Waals surface area contributed by atoms with Gasteiger partial charge in [-0.2, -0.15) is 0 Å². The van der Waals surface area contributed by atoms with Gasteiger partial charge in [0.2, 0.25) is 0 Å². The second-order valence-electron chi connectivity index (χ2n) is 3.85. The van der Waals surface area contributed by atoms with Crippen LogP contribution in [0.1, 0.15) is 34.5 Å². The maximum Gasteiger partial charge on any atom is 0.183 e. The van der Waals surface area contributed by atoms with Gasteiger partial charge in [0.15, 0.2) is 5.78 Å². The molecule has 0 amide bonds. The first kappa shape index (κ1) is 11.9. The van der Waals surface area contributed by atoms with Crippen LogP contribution in [0.5, 0.6) is 0 Å². The summed E-state index contributed by atoms with van der Waals surface area (Å²) < 4.78 is 5.71. The van der Waals surface area contributed by atoms with Crippen molar-refractivity contribution >= 4 is 17.3 Å². The fourth-order valence-corrected chi connectivity index (χ4v) is 2.25. The van der Waals surface area contributed by atoms with Crippen molar-refractivity contribution in [2.45, 2.75) is 26.2 Å². The van der Waals surface area contributed by atoms with Gasteiger partial charge in [-0.25, -0.2) is 4.98 Å². The standard InChI is InChI=1S/C11H14N4OS/c1-3-4-8-11(17-14-13-8)9(16)7-10-12-5-6-15(10)2/h5-6H,3-4,7H2,1-2H3. The predicted octanol–water partition coefficient (Wildman–Crippen LogP) is 1.65. The van der Waals surface area contributed by atoms with Crippen LogP contribution in [0.4, 0.5) is 0 Å². The Hall–Kier alpha value is -1.56. The molecule has 2 aromatic rings. The van der Waals surface area contributed by atoms with Gasteiger partial charge < -0.3 is 4.57 Å². The molecule has 0 bridgehead atoms. The number of hydrogen-bond acceptors (Lipinski definition) is 5. The summed E-state index contributed by atoms with van der Waals surface area (Å²) >= 11 is 1.18. The van der Waals surface area contributed by atoms with Gasteiger partial charge in [0.05, 0.1) is 12.1 Å². The van der Waals surface area contributed by atoms with Crippen LogP contribution in [-0.4, -0.2) is 24.9 Å². The number of carbonyl (C=O) groups is 1. The molecule has 5 nitrogen and oxygen atoms in total. The van der Waals surface area contributed by atoms with E-state index in [0.717, 1.165) is 24.4 Å². The van der Waals surface area contributed by atoms with Crippen LogP contribution < -0.4 is 0 Å². The first-order valence-corrected chi connectivity index (χ1v) is 6.30. The molecule has 0 atom stereocenters. The molecule has 0 aliphatic carbocycles. The Bertz CT molecular complexity index is 517. The normalized spacial score (nSPS) is 10.7. The van der Waals surface area contributed by atoms with Gasteiger partial charge in [0.25, 0.3) is 0 Å². The molecular formula is C11H14N4OS. The van der Waals surface area contributed by atoms with Crippen LogP contribution in [-0.2, 0) is 19.9 Å². The highest BCUT2D eigenvalue weighted by molar-refractivity contribution is 7.08. The van der Waals surface area contributed by atoms with Crippen LogP contribution in [0.15, 0.2) is 12.4 Å². The number of aryl methyl sites for hydroxylation is 2. The Morgan fingerprint density at radius 3 is 3.00 bits per heavy atom. The Balaban J connectivity index is 2.15. The summed E-state index contributed by atoms with van der Waals surface area (Å²) in [6, 6.07) is 0. The zero-order valence-corrected chi connectivity index (χ0v) is 10.7. The lowest BCUT2D eigenvalue weighted by Gasteiger charge is -2.00. The molecule has 0 N–H and O–H groups in total. The van der Waals surface area contributed by atoms with Gasteiger partial charge in [0.1, 0.15) is 10.7 Å². The van der Waals surface area contributed by atoms with Gasteiger partial charge in [-0.3, -0.25) is 4.79 Å². The van der Waals surface area contributed by atoms with Crippen LogP contribution in [0.25, 0.3) is 0 Å². The van der Waals surface area contributed by atoms with Crippen molar-refractivity contribution in [1.29, 1.82) is 0 Å². The molecule has 2 rings (SSSR count). The van der Waals surface area contributed by atoms with E-state index in [1.165, 1.54) is 11.5 Å². The van der Waals surface area contributed by atoms with Crippen molar-refractivity contribution in [2.75, 3.05) is 0 Å². The molecule has 2 heterocycles. The largest absolute Gasteiger partial charge is 0.338 e. The summed E-state index contributed by atoms with van der Waals surface area (Å²) in [5.74, 6) is 0.823. The van der Waals surface area contributed by atoms with E-state index < -0.39 is 0 Å². The summed E-state index contributed by atoms with van der Waals surface area (Å²) in [5, 5.41) is 4.00. The van der Waals surface area contributed by atoms with Crippen molar-refractivity contribution in [1.82, 2.24) is 19.1 Å². The second-order valence-corrected chi connectivity index (χ2v) is 4.61. The summed E-state index contributed by atoms with van der Waals surface area (Å²) in [4.78, 5) is 16.9. The lowest BCUT2D eigenvalue weighted by molar-refractivity contribution is 0.0992. The fourth-order valence-electron chi connectivity index (χ4n) is 1.61. The Morgan fingerprint density at radius 2 is 2.35 bits per heavy atom. The van der Waals surface area contributed by atoms with Gasteiger partial charge >= 0.3 is 0 Å². The third-order valence-electron chi connectivity index (χ3n) is 2.54. The van der Waals surface area contributed by atoms with Crippen LogP contribution in [0, 0.1) is 0 Å². The van der Waals surface area contributed by atoms with E-state index >= 15 is 0 Å². The summed E-state index contributed by atoms with van der Waals surface area (Å²) in [7, 11) is 1.88. The summed E-state index contributed by atoms with van der Waals surface area (Å²) in [5.41, 5.74) is 0.816. The molecule has 0 aliphatic rings. The molecule has 6 heteroatoms. The smallest absolute Gasteiger partial charge is 0.183 e. The molecule has 0 saturated carbocycles. The van der Waals surface area contributed by atoms with E-state index in [1.54, 1.807) is 6.20 Å². The number of rotatable bonds is 5. The Labute approximate surface area is 104 Å². The van der Waals surface area contributed by atoms with Gasteiger partial charge in [0, 0.05) is 19.4 Å². The highest BCUT2D eigenvalue weighted by Crippen LogP contribution is 2.15. The van der Waals surface area contributed by atoms with Crippen molar-refractivity contribution < 1.29 is 4.79 Å². The lowest BCUT2D eigenvalue weighted by atomic mass is 10.1. The van der Waals surface area contributed by atoms with Crippen LogP contribution >= 0.6 is 11.5 Å². The average Bonchev–Trinajstić information content (AvgIpc) is 2.89. The Morgan fingerprint density at radius 1 is 1.53 bits per heavy atom. The average molecular weight is 250 g/mol. The number of Topliss-reactive ketones (excluding diaryl/α,β-unsaturated/α-hetero) is 1. The molecule has 2 aromatic heterocycles. The van der Waals surface area contributed by atoms with Gasteiger partial charge in [-0.1, -0.05) is 17.8 Å². The minimum Gasteiger partial charge on any atom is -0.338 e. The topological polar surface area (TPSA) is 60.7 Å².